The van der Waals surface area contributed by atoms with E-state index in [0.29, 0.717) is 78.4 Å². The molecule has 4 N–H and O–H groups in total. The Balaban J connectivity index is 1.07. The van der Waals surface area contributed by atoms with Gasteiger partial charge in [-0.25, -0.2) is 28.3 Å². The highest BCUT2D eigenvalue weighted by Crippen LogP contribution is 2.63. The summed E-state index contributed by atoms with van der Waals surface area (Å²) in [5, 5.41) is 5.37. The van der Waals surface area contributed by atoms with E-state index in [1.165, 1.54) is 14.2 Å². The second kappa shape index (κ2) is 18.0. The summed E-state index contributed by atoms with van der Waals surface area (Å²) in [4.78, 5) is 71.5. The van der Waals surface area contributed by atoms with E-state index in [4.69, 9.17) is 14.5 Å². The van der Waals surface area contributed by atoms with Gasteiger partial charge >= 0.3 is 12.2 Å². The summed E-state index contributed by atoms with van der Waals surface area (Å²) < 4.78 is 44.3. The zero-order valence-corrected chi connectivity index (χ0v) is 37.6. The first-order valence-corrected chi connectivity index (χ1v) is 22.7. The highest BCUT2D eigenvalue weighted by molar-refractivity contribution is 5.87. The number of alkyl carbamates (subject to hydrolysis) is 2. The molecule has 2 aliphatic heterocycles. The van der Waals surface area contributed by atoms with E-state index in [-0.39, 0.29) is 47.7 Å². The Bertz CT molecular complexity index is 2370. The van der Waals surface area contributed by atoms with Gasteiger partial charge in [0, 0.05) is 29.6 Å². The minimum Gasteiger partial charge on any atom is -0.453 e. The largest absolute Gasteiger partial charge is 0.453 e. The molecule has 2 saturated heterocycles. The smallest absolute Gasteiger partial charge is 0.407 e. The molecule has 2 aromatic carbocycles. The van der Waals surface area contributed by atoms with Crippen molar-refractivity contribution in [2.24, 2.45) is 17.3 Å². The van der Waals surface area contributed by atoms with E-state index in [9.17, 15) is 19.2 Å². The summed E-state index contributed by atoms with van der Waals surface area (Å²) in [6.07, 6.45) is 8.62. The lowest BCUT2D eigenvalue weighted by atomic mass is 9.69. The number of rotatable bonds is 11. The Kier molecular flexibility index (Phi) is 12.6. The molecule has 342 valence electrons. The average Bonchev–Trinajstić information content (AvgIpc) is 4.15. The second-order valence-electron chi connectivity index (χ2n) is 18.6. The van der Waals surface area contributed by atoms with Crippen molar-refractivity contribution in [1.29, 1.82) is 0 Å². The van der Waals surface area contributed by atoms with Crippen LogP contribution in [0.3, 0.4) is 0 Å². The minimum absolute atomic E-state index is 0.0679. The molecule has 0 bridgehead atoms. The molecule has 2 aliphatic carbocycles. The van der Waals surface area contributed by atoms with Crippen molar-refractivity contribution in [3.63, 3.8) is 0 Å². The number of likely N-dealkylation sites (tertiary alicyclic amines) is 2. The maximum atomic E-state index is 17.3. The van der Waals surface area contributed by atoms with Crippen LogP contribution in [-0.4, -0.2) is 93.1 Å². The van der Waals surface area contributed by atoms with Gasteiger partial charge in [0.05, 0.1) is 50.1 Å². The van der Waals surface area contributed by atoms with E-state index in [0.717, 1.165) is 43.4 Å². The molecule has 16 heteroatoms. The van der Waals surface area contributed by atoms with Crippen molar-refractivity contribution in [3.8, 4) is 33.6 Å². The molecule has 14 nitrogen and oxygen atoms in total. The van der Waals surface area contributed by atoms with Gasteiger partial charge in [-0.05, 0) is 79.0 Å². The molecule has 4 amide bonds. The zero-order valence-electron chi connectivity index (χ0n) is 37.6. The number of benzene rings is 2. The summed E-state index contributed by atoms with van der Waals surface area (Å²) >= 11 is 0. The summed E-state index contributed by atoms with van der Waals surface area (Å²) in [6.45, 7) is 8.52. The first-order chi connectivity index (χ1) is 30.7. The number of halogens is 2. The van der Waals surface area contributed by atoms with Crippen LogP contribution < -0.4 is 10.6 Å². The van der Waals surface area contributed by atoms with Gasteiger partial charge in [0.15, 0.2) is 0 Å². The highest BCUT2D eigenvalue weighted by atomic mass is 19.3. The molecular formula is C48H60F2N8O6. The Hall–Kier alpha value is -5.80. The summed E-state index contributed by atoms with van der Waals surface area (Å²) in [7, 11) is 2.53. The summed E-state index contributed by atoms with van der Waals surface area (Å²) in [5.74, 6) is -2.61. The van der Waals surface area contributed by atoms with Gasteiger partial charge in [-0.3, -0.25) is 9.59 Å². The van der Waals surface area contributed by atoms with Crippen LogP contribution >= 0.6 is 0 Å². The highest BCUT2D eigenvalue weighted by Gasteiger charge is 2.61. The van der Waals surface area contributed by atoms with Gasteiger partial charge < -0.3 is 39.9 Å². The lowest BCUT2D eigenvalue weighted by molar-refractivity contribution is -0.136. The van der Waals surface area contributed by atoms with Crippen LogP contribution in [0.5, 0.6) is 0 Å². The van der Waals surface area contributed by atoms with E-state index in [1.807, 2.05) is 58.0 Å². The number of amides is 4. The number of H-pyrrole nitrogens is 2. The fourth-order valence-corrected chi connectivity index (χ4v) is 10.6. The number of nitrogens with zero attached hydrogens (tertiary/aromatic N) is 4. The van der Waals surface area contributed by atoms with E-state index >= 15 is 8.78 Å². The molecular weight excluding hydrogens is 823 g/mol. The van der Waals surface area contributed by atoms with E-state index < -0.39 is 35.6 Å². The standard InChI is InChI=1S/C48H60F2N8O6/c1-27(2)39(55-45(61)63-5)43(59)57-22-10-12-36(57)41-51-25-34(53-41)30-16-14-29(15-17-30)31-18-19-32(33-24-47(20-8-7-9-21-47)48(49,50)38(31)33)35-26-52-42(54-35)37-13-11-23-58(37)44(60)40(28(3)4)56-46(62)64-6/h14-19,25-28,36-37,39-40H,7-13,20-24H2,1-6H3,(H,51,53)(H,52,54)(H,55,61)(H,56,62)/t36?,37?,39-,40+/m1/s1. The molecule has 4 atom stereocenters. The van der Waals surface area contributed by atoms with Gasteiger partial charge in [-0.2, -0.15) is 0 Å². The lowest BCUT2D eigenvalue weighted by Gasteiger charge is -2.39. The van der Waals surface area contributed by atoms with Crippen molar-refractivity contribution in [2.45, 2.75) is 122 Å². The molecule has 8 rings (SSSR count). The van der Waals surface area contributed by atoms with Crippen LogP contribution in [0, 0.1) is 17.3 Å². The van der Waals surface area contributed by atoms with Crippen LogP contribution in [0.15, 0.2) is 48.8 Å². The first-order valence-electron chi connectivity index (χ1n) is 22.7. The third-order valence-electron chi connectivity index (χ3n) is 14.1. The number of methoxy groups -OCH3 is 2. The predicted molar refractivity (Wildman–Crippen MR) is 236 cm³/mol. The monoisotopic (exact) mass is 882 g/mol. The van der Waals surface area contributed by atoms with Gasteiger partial charge in [0.25, 0.3) is 5.92 Å². The molecule has 4 aromatic rings. The van der Waals surface area contributed by atoms with Crippen molar-refractivity contribution in [1.82, 2.24) is 40.4 Å². The second-order valence-corrected chi connectivity index (χ2v) is 18.6. The topological polar surface area (TPSA) is 175 Å². The molecule has 4 aliphatic rings. The third kappa shape index (κ3) is 8.12. The van der Waals surface area contributed by atoms with E-state index in [2.05, 4.69) is 25.6 Å². The number of aromatic nitrogens is 4. The van der Waals surface area contributed by atoms with Crippen LogP contribution in [0.4, 0.5) is 18.4 Å². The molecule has 1 spiro atoms. The van der Waals surface area contributed by atoms with Crippen LogP contribution in [0.1, 0.15) is 120 Å². The number of hydrogen-bond acceptors (Lipinski definition) is 8. The number of nitrogens with one attached hydrogen (secondary N) is 4. The van der Waals surface area contributed by atoms with Crippen LogP contribution in [0.2, 0.25) is 0 Å². The molecule has 2 unspecified atom stereocenters. The Morgan fingerprint density at radius 2 is 1.17 bits per heavy atom. The molecule has 64 heavy (non-hydrogen) atoms. The number of ether oxygens (including phenoxy) is 2. The molecule has 3 fully saturated rings. The normalized spacial score (nSPS) is 21.0. The first kappa shape index (κ1) is 44.8. The fourth-order valence-electron chi connectivity index (χ4n) is 10.6. The maximum absolute atomic E-state index is 17.3. The molecule has 2 aromatic heterocycles. The average molecular weight is 883 g/mol. The third-order valence-corrected chi connectivity index (χ3v) is 14.1. The quantitative estimate of drug-likeness (QED) is 0.116. The number of alkyl halides is 2. The Labute approximate surface area is 372 Å². The number of aromatic amines is 2. The van der Waals surface area contributed by atoms with Crippen molar-refractivity contribution >= 4 is 24.0 Å². The summed E-state index contributed by atoms with van der Waals surface area (Å²) in [5.41, 5.74) is 3.55. The molecule has 1 saturated carbocycles. The number of carbonyl (C=O) groups is 4. The number of imidazole rings is 2. The Morgan fingerprint density at radius 1 is 0.688 bits per heavy atom. The van der Waals surface area contributed by atoms with Gasteiger partial charge in [0.1, 0.15) is 23.7 Å². The van der Waals surface area contributed by atoms with Crippen LogP contribution in [-0.2, 0) is 31.4 Å². The van der Waals surface area contributed by atoms with Gasteiger partial charge in [-0.15, -0.1) is 0 Å². The van der Waals surface area contributed by atoms with Gasteiger partial charge in [0.2, 0.25) is 11.8 Å². The zero-order chi connectivity index (χ0) is 45.5. The number of hydrogen-bond donors (Lipinski definition) is 4. The van der Waals surface area contributed by atoms with Crippen molar-refractivity contribution in [3.05, 3.63) is 71.6 Å². The van der Waals surface area contributed by atoms with E-state index in [1.54, 1.807) is 28.3 Å². The lowest BCUT2D eigenvalue weighted by Crippen LogP contribution is -2.51. The van der Waals surface area contributed by atoms with Gasteiger partial charge in [-0.1, -0.05) is 83.4 Å². The number of fused-ring (bicyclic) bond motifs is 1. The number of carbonyl (C=O) groups excluding carboxylic acids is 4. The molecule has 0 radical (unpaired) electrons. The predicted octanol–water partition coefficient (Wildman–Crippen LogP) is 8.82. The molecule has 4 heterocycles. The van der Waals surface area contributed by atoms with Crippen molar-refractivity contribution < 1.29 is 37.4 Å². The fraction of sp³-hybridized carbons (Fsp3) is 0.542. The van der Waals surface area contributed by atoms with Crippen LogP contribution in [0.25, 0.3) is 33.6 Å². The summed E-state index contributed by atoms with van der Waals surface area (Å²) in [6, 6.07) is 9.11. The Morgan fingerprint density at radius 3 is 1.69 bits per heavy atom. The SMILES string of the molecule is COC(=O)N[C@H](C(=O)N1CCCC1c1ncc(-c2ccc(-c3ccc(-c4cnc(C5CCCN5C(=O)[C@H](NC(=O)OC)C(C)C)[nH]4)cc3)c3c2CC2(CCCCC2)C3(F)F)[nH]1)C(C)C. The van der Waals surface area contributed by atoms with Crippen molar-refractivity contribution in [2.75, 3.05) is 27.3 Å². The maximum Gasteiger partial charge on any atom is 0.407 e. The minimum atomic E-state index is -3.08.